The number of aliphatic hydroxyl groups is 1. The van der Waals surface area contributed by atoms with Crippen LogP contribution in [-0.2, 0) is 11.2 Å². The second-order valence-corrected chi connectivity index (χ2v) is 9.22. The van der Waals surface area contributed by atoms with Crippen molar-refractivity contribution in [3.05, 3.63) is 53.2 Å². The molecule has 1 aromatic heterocycles. The van der Waals surface area contributed by atoms with Crippen LogP contribution in [0.4, 0.5) is 19.0 Å². The molecular weight excluding hydrogens is 475 g/mol. The van der Waals surface area contributed by atoms with Crippen LogP contribution in [0.5, 0.6) is 5.75 Å². The highest BCUT2D eigenvalue weighted by molar-refractivity contribution is 6.30. The number of aliphatic carboxylic acids is 1. The Morgan fingerprint density at radius 2 is 1.88 bits per heavy atom. The van der Waals surface area contributed by atoms with Gasteiger partial charge in [-0.1, -0.05) is 17.7 Å². The van der Waals surface area contributed by atoms with Gasteiger partial charge >= 0.3 is 12.1 Å². The highest BCUT2D eigenvalue weighted by atomic mass is 35.5. The summed E-state index contributed by atoms with van der Waals surface area (Å²) >= 11 is 6.14. The molecule has 2 atom stereocenters. The molecule has 0 aliphatic carbocycles. The van der Waals surface area contributed by atoms with Crippen LogP contribution >= 0.6 is 11.6 Å². The van der Waals surface area contributed by atoms with Crippen molar-refractivity contribution in [2.75, 3.05) is 31.1 Å². The minimum atomic E-state index is -5.08. The number of halogens is 4. The Balaban J connectivity index is 0.000000344. The van der Waals surface area contributed by atoms with Gasteiger partial charge in [0.1, 0.15) is 17.2 Å². The third-order valence-corrected chi connectivity index (χ3v) is 6.75. The lowest BCUT2D eigenvalue weighted by Gasteiger charge is -2.41. The van der Waals surface area contributed by atoms with E-state index in [-0.39, 0.29) is 17.7 Å². The van der Waals surface area contributed by atoms with Crippen molar-refractivity contribution in [1.29, 1.82) is 0 Å². The molecule has 0 bridgehead atoms. The summed E-state index contributed by atoms with van der Waals surface area (Å²) in [7, 11) is 0. The van der Waals surface area contributed by atoms with Crippen molar-refractivity contribution in [2.45, 2.75) is 43.2 Å². The first kappa shape index (κ1) is 24.6. The average molecular weight is 500 g/mol. The van der Waals surface area contributed by atoms with Crippen LogP contribution in [0.3, 0.4) is 0 Å². The Morgan fingerprint density at radius 3 is 2.50 bits per heavy atom. The van der Waals surface area contributed by atoms with Crippen molar-refractivity contribution >= 4 is 23.4 Å². The van der Waals surface area contributed by atoms with E-state index < -0.39 is 12.1 Å². The lowest BCUT2D eigenvalue weighted by Crippen LogP contribution is -2.53. The number of ether oxygens (including phenoxy) is 1. The van der Waals surface area contributed by atoms with Crippen LogP contribution in [0, 0.1) is 0 Å². The second kappa shape index (κ2) is 9.59. The number of carboxylic acid groups (broad SMARTS) is 1. The highest BCUT2D eigenvalue weighted by Gasteiger charge is 2.45. The third kappa shape index (κ3) is 5.39. The number of carboxylic acids is 1. The zero-order valence-electron chi connectivity index (χ0n) is 18.2. The van der Waals surface area contributed by atoms with E-state index >= 15 is 0 Å². The van der Waals surface area contributed by atoms with Gasteiger partial charge in [0.05, 0.1) is 12.1 Å². The lowest BCUT2D eigenvalue weighted by molar-refractivity contribution is -0.192. The molecule has 1 unspecified atom stereocenters. The fraction of sp³-hybridized carbons (Fsp3) is 0.478. The van der Waals surface area contributed by atoms with Gasteiger partial charge in [-0.25, -0.2) is 9.78 Å². The van der Waals surface area contributed by atoms with Crippen LogP contribution in [-0.4, -0.2) is 76.2 Å². The number of hydrogen-bond donors (Lipinski definition) is 2. The van der Waals surface area contributed by atoms with Gasteiger partial charge in [0.2, 0.25) is 0 Å². The Hall–Kier alpha value is -2.56. The first-order chi connectivity index (χ1) is 16.1. The second-order valence-electron chi connectivity index (χ2n) is 8.78. The lowest BCUT2D eigenvalue weighted by atomic mass is 9.86. The number of piperidine rings is 1. The van der Waals surface area contributed by atoms with Crippen molar-refractivity contribution in [2.24, 2.45) is 0 Å². The number of rotatable bonds is 2. The predicted molar refractivity (Wildman–Crippen MR) is 119 cm³/mol. The quantitative estimate of drug-likeness (QED) is 0.655. The molecule has 0 amide bonds. The smallest absolute Gasteiger partial charge is 0.487 e. The number of likely N-dealkylation sites (tertiary alicyclic amines) is 1. The summed E-state index contributed by atoms with van der Waals surface area (Å²) in [6.45, 7) is 3.35. The van der Waals surface area contributed by atoms with Gasteiger partial charge in [0.25, 0.3) is 0 Å². The molecule has 11 heteroatoms. The summed E-state index contributed by atoms with van der Waals surface area (Å²) in [6, 6.07) is 12.0. The number of fused-ring (bicyclic) bond motifs is 1. The largest absolute Gasteiger partial charge is 0.490 e. The molecular formula is C23H25ClF3N3O4. The summed E-state index contributed by atoms with van der Waals surface area (Å²) in [4.78, 5) is 17.9. The van der Waals surface area contributed by atoms with Gasteiger partial charge in [-0.15, -0.1) is 0 Å². The Bertz CT molecular complexity index is 1020. The van der Waals surface area contributed by atoms with Crippen molar-refractivity contribution in [3.63, 3.8) is 0 Å². The summed E-state index contributed by atoms with van der Waals surface area (Å²) in [5.41, 5.74) is 1.12. The number of hydrogen-bond acceptors (Lipinski definition) is 6. The standard InChI is InChI=1S/C21H24ClN3O2.C2HF3O2/c22-16-4-5-19-15(11-16)12-21(27-19)6-9-24(10-7-21)17-13-25(14-18(17)26)20-3-1-2-8-23-20;3-2(4,5)1(6)7/h1-5,8,11,17-18,26H,6-7,9-10,12-14H2;(H,6,7)/t17?,18-;/m1./s1. The fourth-order valence-corrected chi connectivity index (χ4v) is 5.00. The number of benzene rings is 1. The zero-order valence-corrected chi connectivity index (χ0v) is 19.0. The summed E-state index contributed by atoms with van der Waals surface area (Å²) in [5.74, 6) is -0.832. The number of pyridine rings is 1. The van der Waals surface area contributed by atoms with Gasteiger partial charge in [0, 0.05) is 56.7 Å². The van der Waals surface area contributed by atoms with Crippen molar-refractivity contribution < 1.29 is 32.9 Å². The Labute approximate surface area is 199 Å². The molecule has 1 aromatic carbocycles. The topological polar surface area (TPSA) is 86.1 Å². The number of nitrogens with zero attached hydrogens (tertiary/aromatic N) is 3. The molecule has 5 rings (SSSR count). The maximum atomic E-state index is 10.6. The van der Waals surface area contributed by atoms with Crippen LogP contribution < -0.4 is 9.64 Å². The Kier molecular flexibility index (Phi) is 6.93. The fourth-order valence-electron chi connectivity index (χ4n) is 4.80. The van der Waals surface area contributed by atoms with Gasteiger partial charge in [-0.05, 0) is 35.9 Å². The molecule has 3 aliphatic rings. The van der Waals surface area contributed by atoms with Crippen molar-refractivity contribution in [1.82, 2.24) is 9.88 Å². The molecule has 7 nitrogen and oxygen atoms in total. The van der Waals surface area contributed by atoms with E-state index in [1.165, 1.54) is 5.56 Å². The van der Waals surface area contributed by atoms with Crippen LogP contribution in [0.2, 0.25) is 5.02 Å². The normalized spacial score (nSPS) is 23.7. The van der Waals surface area contributed by atoms with Gasteiger partial charge in [-0.3, -0.25) is 4.90 Å². The van der Waals surface area contributed by atoms with E-state index in [1.807, 2.05) is 36.4 Å². The molecule has 1 spiro atoms. The first-order valence-corrected chi connectivity index (χ1v) is 11.3. The summed E-state index contributed by atoms with van der Waals surface area (Å²) in [5, 5.41) is 18.5. The molecule has 3 aliphatic heterocycles. The molecule has 0 saturated carbocycles. The van der Waals surface area contributed by atoms with Crippen molar-refractivity contribution in [3.8, 4) is 5.75 Å². The molecule has 4 heterocycles. The molecule has 2 fully saturated rings. The van der Waals surface area contributed by atoms with Crippen LogP contribution in [0.1, 0.15) is 18.4 Å². The van der Waals surface area contributed by atoms with E-state index in [0.717, 1.165) is 55.5 Å². The molecule has 0 radical (unpaired) electrons. The molecule has 2 saturated heterocycles. The van der Waals surface area contributed by atoms with Crippen LogP contribution in [0.25, 0.3) is 0 Å². The number of aromatic nitrogens is 1. The maximum absolute atomic E-state index is 10.6. The van der Waals surface area contributed by atoms with E-state index in [1.54, 1.807) is 6.20 Å². The minimum Gasteiger partial charge on any atom is -0.487 e. The van der Waals surface area contributed by atoms with E-state index in [0.29, 0.717) is 6.54 Å². The third-order valence-electron chi connectivity index (χ3n) is 6.51. The van der Waals surface area contributed by atoms with E-state index in [2.05, 4.69) is 14.8 Å². The first-order valence-electron chi connectivity index (χ1n) is 10.9. The van der Waals surface area contributed by atoms with Gasteiger partial charge in [0.15, 0.2) is 0 Å². The summed E-state index contributed by atoms with van der Waals surface area (Å²) in [6.07, 6.45) is -0.731. The zero-order chi connectivity index (χ0) is 24.5. The van der Waals surface area contributed by atoms with E-state index in [9.17, 15) is 18.3 Å². The van der Waals surface area contributed by atoms with Gasteiger partial charge < -0.3 is 19.8 Å². The number of β-amino-alcohol motifs (C(OH)–C–C–N with tert-alkyl or cyclic N) is 1. The molecule has 184 valence electrons. The maximum Gasteiger partial charge on any atom is 0.490 e. The van der Waals surface area contributed by atoms with Crippen LogP contribution in [0.15, 0.2) is 42.6 Å². The van der Waals surface area contributed by atoms with E-state index in [4.69, 9.17) is 26.2 Å². The predicted octanol–water partition coefficient (Wildman–Crippen LogP) is 3.39. The Morgan fingerprint density at radius 1 is 1.18 bits per heavy atom. The monoisotopic (exact) mass is 499 g/mol. The molecule has 2 N–H and O–H groups in total. The molecule has 34 heavy (non-hydrogen) atoms. The number of alkyl halides is 3. The summed E-state index contributed by atoms with van der Waals surface area (Å²) < 4.78 is 38.1. The highest BCUT2D eigenvalue weighted by Crippen LogP contribution is 2.42. The average Bonchev–Trinajstić information content (AvgIpc) is 3.34. The number of anilines is 1. The SMILES string of the molecule is O=C(O)C(F)(F)F.O[C@@H]1CN(c2ccccn2)CC1N1CCC2(CC1)Cc1cc(Cl)ccc1O2. The minimum absolute atomic E-state index is 0.103. The number of carbonyl (C=O) groups is 1. The number of aliphatic hydroxyl groups excluding tert-OH is 1. The van der Waals surface area contributed by atoms with Gasteiger partial charge in [-0.2, -0.15) is 13.2 Å². The molecule has 2 aromatic rings.